The van der Waals surface area contributed by atoms with E-state index in [2.05, 4.69) is 0 Å². The van der Waals surface area contributed by atoms with E-state index in [1.165, 1.54) is 0 Å². The van der Waals surface area contributed by atoms with Gasteiger partial charge in [0.1, 0.15) is 12.2 Å². The van der Waals surface area contributed by atoms with Gasteiger partial charge in [0.05, 0.1) is 6.10 Å². The van der Waals surface area contributed by atoms with E-state index >= 15 is 0 Å². The van der Waals surface area contributed by atoms with Crippen molar-refractivity contribution in [3.63, 3.8) is 0 Å². The lowest BCUT2D eigenvalue weighted by atomic mass is 10.1. The maximum absolute atomic E-state index is 9.11. The van der Waals surface area contributed by atoms with Gasteiger partial charge in [0.25, 0.3) is 0 Å². The van der Waals surface area contributed by atoms with Gasteiger partial charge in [0.15, 0.2) is 6.29 Å². The lowest BCUT2D eigenvalue weighted by Crippen LogP contribution is -2.32. The minimum absolute atomic E-state index is 0.138. The Kier molecular flexibility index (Phi) is 2.80. The molecule has 5 heteroatoms. The molecule has 11 heavy (non-hydrogen) atoms. The molecule has 1 rings (SSSR count). The van der Waals surface area contributed by atoms with Gasteiger partial charge in [-0.05, 0) is 6.42 Å². The Morgan fingerprint density at radius 3 is 2.09 bits per heavy atom. The molecule has 0 spiro atoms. The number of rotatable bonds is 2. The van der Waals surface area contributed by atoms with Crippen LogP contribution in [0.25, 0.3) is 0 Å². The second-order valence-corrected chi connectivity index (χ2v) is 2.56. The maximum atomic E-state index is 9.11. The number of ether oxygens (including phenoxy) is 1. The van der Waals surface area contributed by atoms with Crippen LogP contribution in [0.15, 0.2) is 0 Å². The number of aliphatic hydroxyl groups excluding tert-OH is 4. The quantitative estimate of drug-likeness (QED) is 0.372. The van der Waals surface area contributed by atoms with Crippen molar-refractivity contribution < 1.29 is 25.2 Å². The van der Waals surface area contributed by atoms with Crippen LogP contribution in [-0.4, -0.2) is 51.6 Å². The van der Waals surface area contributed by atoms with Crippen molar-refractivity contribution in [2.75, 3.05) is 6.61 Å². The van der Waals surface area contributed by atoms with E-state index < -0.39 is 24.6 Å². The number of hydrogen-bond acceptors (Lipinski definition) is 5. The molecule has 1 unspecified atom stereocenters. The predicted molar refractivity (Wildman–Crippen MR) is 34.6 cm³/mol. The first kappa shape index (κ1) is 8.89. The first-order valence-electron chi connectivity index (χ1n) is 3.47. The molecule has 0 aromatic carbocycles. The van der Waals surface area contributed by atoms with Crippen LogP contribution in [0.2, 0.25) is 0 Å². The molecule has 1 aliphatic heterocycles. The van der Waals surface area contributed by atoms with Crippen molar-refractivity contribution in [2.45, 2.75) is 31.0 Å². The third kappa shape index (κ3) is 1.69. The van der Waals surface area contributed by atoms with Gasteiger partial charge in [-0.3, -0.25) is 0 Å². The third-order valence-electron chi connectivity index (χ3n) is 1.75. The Balaban J connectivity index is 2.45. The molecular formula is C6H12O5. The highest BCUT2D eigenvalue weighted by Crippen LogP contribution is 2.21. The van der Waals surface area contributed by atoms with Crippen LogP contribution in [0.5, 0.6) is 0 Å². The van der Waals surface area contributed by atoms with Crippen molar-refractivity contribution in [3.8, 4) is 0 Å². The number of hydrogen-bond donors (Lipinski definition) is 4. The van der Waals surface area contributed by atoms with E-state index in [0.717, 1.165) is 0 Å². The summed E-state index contributed by atoms with van der Waals surface area (Å²) in [6.07, 6.45) is -4.13. The van der Waals surface area contributed by atoms with Crippen molar-refractivity contribution in [3.05, 3.63) is 0 Å². The van der Waals surface area contributed by atoms with E-state index in [0.29, 0.717) is 0 Å². The molecule has 5 nitrogen and oxygen atoms in total. The maximum Gasteiger partial charge on any atom is 0.183 e. The molecule has 4 N–H and O–H groups in total. The molecule has 4 atom stereocenters. The first-order chi connectivity index (χ1) is 5.16. The van der Waals surface area contributed by atoms with Crippen molar-refractivity contribution in [2.24, 2.45) is 0 Å². The van der Waals surface area contributed by atoms with Crippen LogP contribution in [0.1, 0.15) is 6.42 Å². The standard InChI is InChI=1S/C6H12O5/c7-2-1-3-4(8)5(9)6(10)11-3/h3-10H,1-2H2/t3-,4-,5-,6?/m1/s1. The van der Waals surface area contributed by atoms with Crippen LogP contribution in [-0.2, 0) is 4.74 Å². The summed E-state index contributed by atoms with van der Waals surface area (Å²) in [5.74, 6) is 0. The Morgan fingerprint density at radius 2 is 1.73 bits per heavy atom. The molecule has 1 heterocycles. The molecule has 0 aliphatic carbocycles. The van der Waals surface area contributed by atoms with E-state index in [4.69, 9.17) is 25.2 Å². The molecule has 0 aromatic rings. The van der Waals surface area contributed by atoms with E-state index in [9.17, 15) is 0 Å². The Hall–Kier alpha value is -0.200. The second kappa shape index (κ2) is 3.46. The lowest BCUT2D eigenvalue weighted by Gasteiger charge is -2.11. The van der Waals surface area contributed by atoms with Crippen LogP contribution < -0.4 is 0 Å². The zero-order chi connectivity index (χ0) is 8.43. The summed E-state index contributed by atoms with van der Waals surface area (Å²) in [7, 11) is 0. The molecule has 1 fully saturated rings. The van der Waals surface area contributed by atoms with Gasteiger partial charge in [-0.1, -0.05) is 0 Å². The highest BCUT2D eigenvalue weighted by atomic mass is 16.6. The molecule has 1 aliphatic rings. The smallest absolute Gasteiger partial charge is 0.183 e. The summed E-state index contributed by atoms with van der Waals surface area (Å²) in [5.41, 5.74) is 0. The highest BCUT2D eigenvalue weighted by molar-refractivity contribution is 4.85. The molecule has 0 saturated carbocycles. The van der Waals surface area contributed by atoms with Crippen LogP contribution in [0, 0.1) is 0 Å². The van der Waals surface area contributed by atoms with Gasteiger partial charge in [-0.2, -0.15) is 0 Å². The normalized spacial score (nSPS) is 44.7. The summed E-state index contributed by atoms with van der Waals surface area (Å²) in [5, 5.41) is 35.4. The van der Waals surface area contributed by atoms with Gasteiger partial charge in [-0.25, -0.2) is 0 Å². The minimum atomic E-state index is -1.33. The Bertz CT molecular complexity index is 128. The fourth-order valence-electron chi connectivity index (χ4n) is 1.09. The molecule has 0 aromatic heterocycles. The fraction of sp³-hybridized carbons (Fsp3) is 1.00. The van der Waals surface area contributed by atoms with Crippen molar-refractivity contribution >= 4 is 0 Å². The van der Waals surface area contributed by atoms with E-state index in [1.54, 1.807) is 0 Å². The average Bonchev–Trinajstić information content (AvgIpc) is 2.19. The van der Waals surface area contributed by atoms with Gasteiger partial charge in [-0.15, -0.1) is 0 Å². The van der Waals surface area contributed by atoms with Crippen molar-refractivity contribution in [1.82, 2.24) is 0 Å². The zero-order valence-electron chi connectivity index (χ0n) is 5.92. The zero-order valence-corrected chi connectivity index (χ0v) is 5.92. The third-order valence-corrected chi connectivity index (χ3v) is 1.75. The molecule has 0 radical (unpaired) electrons. The van der Waals surface area contributed by atoms with E-state index in [-0.39, 0.29) is 13.0 Å². The summed E-state index contributed by atoms with van der Waals surface area (Å²) in [6, 6.07) is 0. The Labute approximate surface area is 63.8 Å². The Morgan fingerprint density at radius 1 is 1.09 bits per heavy atom. The summed E-state index contributed by atoms with van der Waals surface area (Å²) >= 11 is 0. The van der Waals surface area contributed by atoms with Crippen LogP contribution >= 0.6 is 0 Å². The average molecular weight is 164 g/mol. The predicted octanol–water partition coefficient (Wildman–Crippen LogP) is -2.19. The van der Waals surface area contributed by atoms with Gasteiger partial charge < -0.3 is 25.2 Å². The van der Waals surface area contributed by atoms with Gasteiger partial charge in [0.2, 0.25) is 0 Å². The summed E-state index contributed by atoms with van der Waals surface area (Å²) in [6.45, 7) is -0.138. The van der Waals surface area contributed by atoms with Crippen LogP contribution in [0.3, 0.4) is 0 Å². The molecular weight excluding hydrogens is 152 g/mol. The monoisotopic (exact) mass is 164 g/mol. The molecule has 0 bridgehead atoms. The minimum Gasteiger partial charge on any atom is -0.396 e. The number of aliphatic hydroxyl groups is 4. The molecule has 0 amide bonds. The van der Waals surface area contributed by atoms with Crippen LogP contribution in [0.4, 0.5) is 0 Å². The fourth-order valence-corrected chi connectivity index (χ4v) is 1.09. The first-order valence-corrected chi connectivity index (χ1v) is 3.47. The molecule has 66 valence electrons. The summed E-state index contributed by atoms with van der Waals surface area (Å²) < 4.78 is 4.72. The van der Waals surface area contributed by atoms with E-state index in [1.807, 2.05) is 0 Å². The van der Waals surface area contributed by atoms with Gasteiger partial charge >= 0.3 is 0 Å². The lowest BCUT2D eigenvalue weighted by molar-refractivity contribution is -0.129. The second-order valence-electron chi connectivity index (χ2n) is 2.56. The topological polar surface area (TPSA) is 90.2 Å². The largest absolute Gasteiger partial charge is 0.396 e. The van der Waals surface area contributed by atoms with Crippen molar-refractivity contribution in [1.29, 1.82) is 0 Å². The summed E-state index contributed by atoms with van der Waals surface area (Å²) in [4.78, 5) is 0. The molecule has 1 saturated heterocycles. The van der Waals surface area contributed by atoms with Gasteiger partial charge in [0, 0.05) is 6.61 Å². The highest BCUT2D eigenvalue weighted by Gasteiger charge is 2.40. The SMILES string of the molecule is OCC[C@H]1OC(O)[C@H](O)[C@@H]1O.